The molecule has 2 heterocycles. The van der Waals surface area contributed by atoms with Crippen LogP contribution in [0.5, 0.6) is 5.75 Å². The zero-order chi connectivity index (χ0) is 20.9. The molecule has 0 amide bonds. The second-order valence-electron chi connectivity index (χ2n) is 7.91. The van der Waals surface area contributed by atoms with E-state index in [4.69, 9.17) is 4.74 Å². The maximum Gasteiger partial charge on any atom is 0.262 e. The van der Waals surface area contributed by atoms with Gasteiger partial charge in [-0.25, -0.2) is 4.57 Å². The van der Waals surface area contributed by atoms with Crippen LogP contribution in [0, 0.1) is 0 Å². The van der Waals surface area contributed by atoms with Crippen molar-refractivity contribution in [2.24, 2.45) is 0 Å². The van der Waals surface area contributed by atoms with Gasteiger partial charge in [-0.3, -0.25) is 0 Å². The highest BCUT2D eigenvalue weighted by atomic mass is 16.5. The predicted octanol–water partition coefficient (Wildman–Crippen LogP) is 5.40. The van der Waals surface area contributed by atoms with Crippen LogP contribution in [-0.2, 0) is 13.0 Å². The Morgan fingerprint density at radius 3 is 2.30 bits per heavy atom. The second-order valence-corrected chi connectivity index (χ2v) is 7.91. The van der Waals surface area contributed by atoms with Crippen molar-refractivity contribution in [3.8, 4) is 22.7 Å². The number of anilines is 1. The largest absolute Gasteiger partial charge is 0.494 e. The number of fused-ring (bicyclic) bond motifs is 1. The van der Waals surface area contributed by atoms with Crippen LogP contribution in [0.2, 0.25) is 0 Å². The molecular weight excluding hydrogens is 370 g/mol. The zero-order valence-corrected chi connectivity index (χ0v) is 18.6. The SMILES string of the molecule is CCOc1ccc(-n2cc(-c3ccc(N(CC)CC)cc3)[n+]3c2CCCCC3)cc1. The number of ether oxygens (including phenoxy) is 1. The standard InChI is InChI=1S/C26H34N3O/c1-4-27(5-2)22-13-11-21(12-14-22)25-20-29(26-10-8-7-9-19-28(25)26)23-15-17-24(18-16-23)30-6-3/h11-18,20H,4-10,19H2,1-3H3/q+1. The highest BCUT2D eigenvalue weighted by molar-refractivity contribution is 5.61. The second kappa shape index (κ2) is 9.38. The molecule has 0 saturated carbocycles. The molecule has 4 nitrogen and oxygen atoms in total. The summed E-state index contributed by atoms with van der Waals surface area (Å²) in [4.78, 5) is 2.39. The fraction of sp³-hybridized carbons (Fsp3) is 0.423. The average Bonchev–Trinajstić information content (AvgIpc) is 2.97. The first-order chi connectivity index (χ1) is 14.7. The highest BCUT2D eigenvalue weighted by Crippen LogP contribution is 2.26. The van der Waals surface area contributed by atoms with Gasteiger partial charge >= 0.3 is 0 Å². The van der Waals surface area contributed by atoms with Crippen LogP contribution in [-0.4, -0.2) is 24.3 Å². The van der Waals surface area contributed by atoms with E-state index in [0.717, 1.165) is 31.8 Å². The van der Waals surface area contributed by atoms with Crippen molar-refractivity contribution in [3.05, 3.63) is 60.6 Å². The number of rotatable bonds is 7. The quantitative estimate of drug-likeness (QED) is 0.492. The first-order valence-corrected chi connectivity index (χ1v) is 11.5. The summed E-state index contributed by atoms with van der Waals surface area (Å²) in [6.45, 7) is 10.3. The number of aromatic nitrogens is 2. The third-order valence-corrected chi connectivity index (χ3v) is 6.13. The van der Waals surface area contributed by atoms with Gasteiger partial charge in [-0.15, -0.1) is 0 Å². The number of nitrogens with zero attached hydrogens (tertiary/aromatic N) is 3. The molecular formula is C26H34N3O+. The van der Waals surface area contributed by atoms with E-state index in [2.05, 4.69) is 82.6 Å². The van der Waals surface area contributed by atoms with Gasteiger partial charge in [-0.1, -0.05) is 0 Å². The molecule has 4 heteroatoms. The Kier molecular flexibility index (Phi) is 6.41. The summed E-state index contributed by atoms with van der Waals surface area (Å²) in [6.07, 6.45) is 7.23. The molecule has 3 aromatic rings. The summed E-state index contributed by atoms with van der Waals surface area (Å²) in [5, 5.41) is 0. The fourth-order valence-electron chi connectivity index (χ4n) is 4.53. The Hall–Kier alpha value is -2.75. The lowest BCUT2D eigenvalue weighted by Crippen LogP contribution is -2.38. The van der Waals surface area contributed by atoms with E-state index in [1.165, 1.54) is 47.7 Å². The maximum atomic E-state index is 5.63. The van der Waals surface area contributed by atoms with E-state index >= 15 is 0 Å². The minimum Gasteiger partial charge on any atom is -0.494 e. The summed E-state index contributed by atoms with van der Waals surface area (Å²) >= 11 is 0. The molecule has 2 aromatic carbocycles. The lowest BCUT2D eigenvalue weighted by Gasteiger charge is -2.20. The Bertz CT molecular complexity index is 953. The molecule has 0 radical (unpaired) electrons. The van der Waals surface area contributed by atoms with Crippen molar-refractivity contribution in [1.82, 2.24) is 4.57 Å². The van der Waals surface area contributed by atoms with Gasteiger partial charge in [0.05, 0.1) is 13.2 Å². The summed E-state index contributed by atoms with van der Waals surface area (Å²) in [7, 11) is 0. The van der Waals surface area contributed by atoms with Gasteiger partial charge in [-0.05, 0) is 88.6 Å². The number of benzene rings is 2. The molecule has 4 rings (SSSR count). The van der Waals surface area contributed by atoms with Crippen molar-refractivity contribution in [1.29, 1.82) is 0 Å². The topological polar surface area (TPSA) is 21.3 Å². The van der Waals surface area contributed by atoms with Gasteiger partial charge in [-0.2, -0.15) is 4.57 Å². The van der Waals surface area contributed by atoms with Gasteiger partial charge < -0.3 is 9.64 Å². The molecule has 0 N–H and O–H groups in total. The molecule has 0 aliphatic carbocycles. The van der Waals surface area contributed by atoms with Crippen molar-refractivity contribution in [3.63, 3.8) is 0 Å². The molecule has 1 aliphatic heterocycles. The molecule has 0 unspecified atom stereocenters. The van der Waals surface area contributed by atoms with Crippen molar-refractivity contribution >= 4 is 5.69 Å². The first-order valence-electron chi connectivity index (χ1n) is 11.5. The third-order valence-electron chi connectivity index (χ3n) is 6.13. The Labute approximate surface area is 180 Å². The molecule has 0 saturated heterocycles. The van der Waals surface area contributed by atoms with Crippen molar-refractivity contribution in [2.75, 3.05) is 24.6 Å². The van der Waals surface area contributed by atoms with Crippen molar-refractivity contribution < 1.29 is 9.30 Å². The summed E-state index contributed by atoms with van der Waals surface area (Å²) < 4.78 is 10.6. The van der Waals surface area contributed by atoms with E-state index in [-0.39, 0.29) is 0 Å². The molecule has 0 spiro atoms. The molecule has 0 bridgehead atoms. The molecule has 1 aliphatic rings. The number of hydrogen-bond donors (Lipinski definition) is 0. The van der Waals surface area contributed by atoms with E-state index in [1.54, 1.807) is 0 Å². The lowest BCUT2D eigenvalue weighted by molar-refractivity contribution is -0.692. The first kappa shape index (κ1) is 20.5. The zero-order valence-electron chi connectivity index (χ0n) is 18.6. The summed E-state index contributed by atoms with van der Waals surface area (Å²) in [5.41, 5.74) is 5.10. The predicted molar refractivity (Wildman–Crippen MR) is 124 cm³/mol. The van der Waals surface area contributed by atoms with Gasteiger partial charge in [0, 0.05) is 30.8 Å². The number of hydrogen-bond acceptors (Lipinski definition) is 2. The van der Waals surface area contributed by atoms with Gasteiger partial charge in [0.1, 0.15) is 17.6 Å². The smallest absolute Gasteiger partial charge is 0.262 e. The van der Waals surface area contributed by atoms with E-state index < -0.39 is 0 Å². The van der Waals surface area contributed by atoms with Crippen LogP contribution in [0.3, 0.4) is 0 Å². The Balaban J connectivity index is 1.73. The molecule has 0 fully saturated rings. The van der Waals surface area contributed by atoms with Gasteiger partial charge in [0.2, 0.25) is 0 Å². The van der Waals surface area contributed by atoms with Gasteiger partial charge in [0.25, 0.3) is 5.82 Å². The molecule has 0 atom stereocenters. The van der Waals surface area contributed by atoms with Crippen LogP contribution in [0.15, 0.2) is 54.7 Å². The monoisotopic (exact) mass is 404 g/mol. The molecule has 158 valence electrons. The van der Waals surface area contributed by atoms with Gasteiger partial charge in [0.15, 0.2) is 5.69 Å². The summed E-state index contributed by atoms with van der Waals surface area (Å²) in [6, 6.07) is 17.6. The normalized spacial score (nSPS) is 13.6. The van der Waals surface area contributed by atoms with E-state index in [1.807, 2.05) is 6.92 Å². The minimum atomic E-state index is 0.696. The summed E-state index contributed by atoms with van der Waals surface area (Å²) in [5.74, 6) is 2.33. The van der Waals surface area contributed by atoms with Crippen LogP contribution in [0.4, 0.5) is 5.69 Å². The van der Waals surface area contributed by atoms with Crippen LogP contribution in [0.1, 0.15) is 45.9 Å². The van der Waals surface area contributed by atoms with E-state index in [9.17, 15) is 0 Å². The number of imidazole rings is 1. The lowest BCUT2D eigenvalue weighted by atomic mass is 10.1. The average molecular weight is 405 g/mol. The van der Waals surface area contributed by atoms with Crippen LogP contribution < -0.4 is 14.2 Å². The molecule has 30 heavy (non-hydrogen) atoms. The van der Waals surface area contributed by atoms with Crippen molar-refractivity contribution in [2.45, 2.75) is 53.0 Å². The fourth-order valence-corrected chi connectivity index (χ4v) is 4.53. The van der Waals surface area contributed by atoms with Crippen LogP contribution in [0.25, 0.3) is 16.9 Å². The Morgan fingerprint density at radius 2 is 1.63 bits per heavy atom. The minimum absolute atomic E-state index is 0.696. The third kappa shape index (κ3) is 4.09. The Morgan fingerprint density at radius 1 is 0.900 bits per heavy atom. The maximum absolute atomic E-state index is 5.63. The van der Waals surface area contributed by atoms with Crippen LogP contribution >= 0.6 is 0 Å². The van der Waals surface area contributed by atoms with E-state index in [0.29, 0.717) is 6.61 Å². The molecule has 1 aromatic heterocycles. The highest BCUT2D eigenvalue weighted by Gasteiger charge is 2.27.